The van der Waals surface area contributed by atoms with E-state index in [2.05, 4.69) is 4.74 Å². The molecule has 0 aromatic carbocycles. The zero-order valence-corrected chi connectivity index (χ0v) is 6.28. The smallest absolute Gasteiger partial charge is 0.330 e. The average molecular weight is 149 g/mol. The summed E-state index contributed by atoms with van der Waals surface area (Å²) in [4.78, 5) is 10.6. The highest BCUT2D eigenvalue weighted by atomic mass is 16.5. The Morgan fingerprint density at radius 3 is 2.64 bits per heavy atom. The zero-order chi connectivity index (χ0) is 8.10. The Morgan fingerprint density at radius 1 is 1.45 bits per heavy atom. The molecule has 1 aliphatic rings. The summed E-state index contributed by atoms with van der Waals surface area (Å²) in [5.74, 6) is 0.682. The monoisotopic (exact) mass is 149 g/mol. The largest absolute Gasteiger partial charge is 0.466 e. The summed E-state index contributed by atoms with van der Waals surface area (Å²) in [6.45, 7) is 0. The number of hydrogen-bond acceptors (Lipinski definition) is 2. The fraction of sp³-hybridized carbons (Fsp3) is 0.111. The van der Waals surface area contributed by atoms with Crippen LogP contribution in [0.3, 0.4) is 0 Å². The molecule has 5 radical (unpaired) electrons. The van der Waals surface area contributed by atoms with Crippen LogP contribution < -0.4 is 0 Å². The second-order valence-corrected chi connectivity index (χ2v) is 2.07. The van der Waals surface area contributed by atoms with Gasteiger partial charge in [0.1, 0.15) is 0 Å². The van der Waals surface area contributed by atoms with Gasteiger partial charge in [0.2, 0.25) is 0 Å². The third kappa shape index (κ3) is 2.74. The second-order valence-electron chi connectivity index (χ2n) is 2.07. The number of esters is 1. The molecule has 11 heavy (non-hydrogen) atoms. The molecule has 0 aromatic rings. The maximum atomic E-state index is 10.6. The predicted molar refractivity (Wildman–Crippen MR) is 41.6 cm³/mol. The quantitative estimate of drug-likeness (QED) is 0.434. The highest BCUT2D eigenvalue weighted by Crippen LogP contribution is 2.23. The Balaban J connectivity index is 2.27. The van der Waals surface area contributed by atoms with Crippen molar-refractivity contribution in [3.63, 3.8) is 0 Å². The van der Waals surface area contributed by atoms with Gasteiger partial charge in [0.05, 0.1) is 7.11 Å². The predicted octanol–water partition coefficient (Wildman–Crippen LogP) is 1.12. The van der Waals surface area contributed by atoms with Gasteiger partial charge < -0.3 is 4.74 Å². The van der Waals surface area contributed by atoms with Crippen molar-refractivity contribution in [3.8, 4) is 0 Å². The van der Waals surface area contributed by atoms with Crippen molar-refractivity contribution in [3.05, 3.63) is 43.8 Å². The summed E-state index contributed by atoms with van der Waals surface area (Å²) >= 11 is 0. The normalized spacial score (nSPS) is 19.4. The van der Waals surface area contributed by atoms with Crippen molar-refractivity contribution in [2.75, 3.05) is 7.11 Å². The molecule has 0 unspecified atom stereocenters. The lowest BCUT2D eigenvalue weighted by Gasteiger charge is -1.96. The van der Waals surface area contributed by atoms with Crippen LogP contribution in [0.25, 0.3) is 0 Å². The van der Waals surface area contributed by atoms with E-state index in [1.807, 2.05) is 25.7 Å². The molecule has 57 valence electrons. The molecule has 0 aliphatic heterocycles. The van der Waals surface area contributed by atoms with Crippen LogP contribution >= 0.6 is 0 Å². The molecule has 1 rings (SSSR count). The first-order valence-electron chi connectivity index (χ1n) is 3.30. The van der Waals surface area contributed by atoms with Gasteiger partial charge in [0.15, 0.2) is 0 Å². The van der Waals surface area contributed by atoms with Gasteiger partial charge in [0.25, 0.3) is 0 Å². The Kier molecular flexibility index (Phi) is 3.14. The maximum Gasteiger partial charge on any atom is 0.330 e. The lowest BCUT2D eigenvalue weighted by molar-refractivity contribution is -0.134. The highest BCUT2D eigenvalue weighted by molar-refractivity contribution is 5.82. The summed E-state index contributed by atoms with van der Waals surface area (Å²) in [6, 6.07) is 0. The van der Waals surface area contributed by atoms with Gasteiger partial charge in [-0.25, -0.2) is 4.79 Å². The minimum atomic E-state index is -0.328. The van der Waals surface area contributed by atoms with Crippen molar-refractivity contribution in [1.29, 1.82) is 0 Å². The van der Waals surface area contributed by atoms with Crippen LogP contribution in [0, 0.1) is 31.6 Å². The highest BCUT2D eigenvalue weighted by Gasteiger charge is 2.13. The molecular formula is C9H9O2. The van der Waals surface area contributed by atoms with E-state index in [-0.39, 0.29) is 5.97 Å². The molecule has 2 heteroatoms. The molecule has 0 heterocycles. The molecule has 2 nitrogen and oxygen atoms in total. The van der Waals surface area contributed by atoms with E-state index in [1.165, 1.54) is 13.2 Å². The van der Waals surface area contributed by atoms with Crippen molar-refractivity contribution in [2.45, 2.75) is 0 Å². The number of ether oxygens (including phenoxy) is 1. The lowest BCUT2D eigenvalue weighted by atomic mass is 10.1. The first-order valence-corrected chi connectivity index (χ1v) is 3.30. The van der Waals surface area contributed by atoms with E-state index in [4.69, 9.17) is 0 Å². The van der Waals surface area contributed by atoms with Gasteiger partial charge >= 0.3 is 5.97 Å². The Bertz CT molecular complexity index is 155. The van der Waals surface area contributed by atoms with E-state index in [9.17, 15) is 4.79 Å². The molecule has 0 spiro atoms. The van der Waals surface area contributed by atoms with Gasteiger partial charge in [0, 0.05) is 12.0 Å². The van der Waals surface area contributed by atoms with Crippen molar-refractivity contribution < 1.29 is 9.53 Å². The van der Waals surface area contributed by atoms with Crippen molar-refractivity contribution >= 4 is 5.97 Å². The van der Waals surface area contributed by atoms with Crippen molar-refractivity contribution in [2.24, 2.45) is 0 Å². The Hall–Kier alpha value is -0.790. The average Bonchev–Trinajstić information content (AvgIpc) is 2.52. The summed E-state index contributed by atoms with van der Waals surface area (Å²) in [6.07, 6.45) is 10.8. The summed E-state index contributed by atoms with van der Waals surface area (Å²) in [5, 5.41) is 0. The maximum absolute atomic E-state index is 10.6. The van der Waals surface area contributed by atoms with Crippen LogP contribution in [0.5, 0.6) is 0 Å². The molecule has 0 N–H and O–H groups in total. The topological polar surface area (TPSA) is 26.3 Å². The minimum absolute atomic E-state index is 0.328. The van der Waals surface area contributed by atoms with Crippen LogP contribution in [-0.4, -0.2) is 13.1 Å². The van der Waals surface area contributed by atoms with Gasteiger partial charge in [-0.05, 0) is 25.7 Å². The summed E-state index contributed by atoms with van der Waals surface area (Å²) in [5.41, 5.74) is 0. The second kappa shape index (κ2) is 4.16. The van der Waals surface area contributed by atoms with Gasteiger partial charge in [-0.15, -0.1) is 0 Å². The van der Waals surface area contributed by atoms with Crippen LogP contribution in [-0.2, 0) is 9.53 Å². The number of carbonyl (C=O) groups excluding carboxylic acids is 1. The number of allylic oxidation sites excluding steroid dienone is 1. The van der Waals surface area contributed by atoms with Gasteiger partial charge in [-0.2, -0.15) is 0 Å². The van der Waals surface area contributed by atoms with Crippen LogP contribution in [0.4, 0.5) is 0 Å². The Labute approximate surface area is 67.2 Å². The first-order chi connectivity index (χ1) is 5.33. The third-order valence-corrected chi connectivity index (χ3v) is 1.30. The van der Waals surface area contributed by atoms with Gasteiger partial charge in [-0.1, -0.05) is 6.08 Å². The Morgan fingerprint density at radius 2 is 2.09 bits per heavy atom. The molecule has 1 saturated carbocycles. The number of carbonyl (C=O) groups is 1. The van der Waals surface area contributed by atoms with E-state index >= 15 is 0 Å². The summed E-state index contributed by atoms with van der Waals surface area (Å²) in [7, 11) is 1.36. The molecule has 0 atom stereocenters. The molecule has 1 fully saturated rings. The summed E-state index contributed by atoms with van der Waals surface area (Å²) < 4.78 is 4.42. The van der Waals surface area contributed by atoms with Crippen molar-refractivity contribution in [1.82, 2.24) is 0 Å². The standard InChI is InChI=1S/C9H9O2/c1-11-9(10)7-6-8-4-2-3-5-8/h2-7H,1H3/b7-6+. The lowest BCUT2D eigenvalue weighted by Crippen LogP contribution is -1.95. The molecule has 1 aliphatic carbocycles. The SMILES string of the molecule is COC(=O)/C=C/[C]1[CH][CH][CH][CH]1. The molecule has 0 saturated heterocycles. The van der Waals surface area contributed by atoms with Crippen LogP contribution in [0.1, 0.15) is 0 Å². The van der Waals surface area contributed by atoms with Crippen LogP contribution in [0.2, 0.25) is 0 Å². The fourth-order valence-corrected chi connectivity index (χ4v) is 0.732. The number of rotatable bonds is 2. The van der Waals surface area contributed by atoms with Gasteiger partial charge in [-0.3, -0.25) is 0 Å². The molecule has 0 bridgehead atoms. The van der Waals surface area contributed by atoms with E-state index in [1.54, 1.807) is 6.08 Å². The molecule has 0 aromatic heterocycles. The molecular weight excluding hydrogens is 140 g/mol. The number of hydrogen-bond donors (Lipinski definition) is 0. The third-order valence-electron chi connectivity index (χ3n) is 1.30. The van der Waals surface area contributed by atoms with E-state index in [0.717, 1.165) is 5.92 Å². The van der Waals surface area contributed by atoms with E-state index in [0.29, 0.717) is 0 Å². The number of methoxy groups -OCH3 is 1. The van der Waals surface area contributed by atoms with Crippen LogP contribution in [0.15, 0.2) is 12.2 Å². The minimum Gasteiger partial charge on any atom is -0.466 e. The molecule has 0 amide bonds. The zero-order valence-electron chi connectivity index (χ0n) is 6.28. The fourth-order valence-electron chi connectivity index (χ4n) is 0.732. The first kappa shape index (κ1) is 8.31. The van der Waals surface area contributed by atoms with E-state index < -0.39 is 0 Å².